The smallest absolute Gasteiger partial charge is 0.412 e. The van der Waals surface area contributed by atoms with E-state index in [2.05, 4.69) is 5.32 Å². The van der Waals surface area contributed by atoms with Crippen molar-refractivity contribution in [1.82, 2.24) is 0 Å². The molecule has 0 aliphatic rings. The summed E-state index contributed by atoms with van der Waals surface area (Å²) >= 11 is 0. The van der Waals surface area contributed by atoms with Crippen LogP contribution < -0.4 is 10.1 Å². The van der Waals surface area contributed by atoms with Crippen molar-refractivity contribution in [2.75, 3.05) is 12.4 Å². The van der Waals surface area contributed by atoms with Gasteiger partial charge in [-0.2, -0.15) is 0 Å². The summed E-state index contributed by atoms with van der Waals surface area (Å²) in [5, 5.41) is 12.7. The van der Waals surface area contributed by atoms with Gasteiger partial charge in [-0.05, 0) is 46.2 Å². The Kier molecular flexibility index (Phi) is 5.23. The molecule has 21 heavy (non-hydrogen) atoms. The lowest BCUT2D eigenvalue weighted by Gasteiger charge is -2.22. The van der Waals surface area contributed by atoms with Gasteiger partial charge in [0.15, 0.2) is 0 Å². The summed E-state index contributed by atoms with van der Waals surface area (Å²) < 4.78 is 10.4. The summed E-state index contributed by atoms with van der Waals surface area (Å²) in [6.07, 6.45) is -0.130. The maximum atomic E-state index is 11.9. The van der Waals surface area contributed by atoms with E-state index in [1.807, 2.05) is 6.07 Å². The predicted octanol–water partition coefficient (Wildman–Crippen LogP) is 3.36. The van der Waals surface area contributed by atoms with E-state index in [1.165, 1.54) is 0 Å². The molecule has 0 aromatic heterocycles. The van der Waals surface area contributed by atoms with Crippen LogP contribution in [-0.4, -0.2) is 29.5 Å². The second-order valence-corrected chi connectivity index (χ2v) is 6.64. The zero-order chi connectivity index (χ0) is 16.3. The van der Waals surface area contributed by atoms with Crippen molar-refractivity contribution in [3.05, 3.63) is 23.8 Å². The molecule has 1 aromatic rings. The maximum absolute atomic E-state index is 11.9. The van der Waals surface area contributed by atoms with Crippen LogP contribution in [0.1, 0.15) is 40.2 Å². The number of amides is 1. The lowest BCUT2D eigenvalue weighted by Crippen LogP contribution is -2.28. The van der Waals surface area contributed by atoms with Crippen molar-refractivity contribution in [1.29, 1.82) is 0 Å². The van der Waals surface area contributed by atoms with Crippen molar-refractivity contribution in [2.24, 2.45) is 0 Å². The molecular formula is C16H25NO4. The molecule has 0 fully saturated rings. The molecule has 118 valence electrons. The molecule has 1 rings (SSSR count). The highest BCUT2D eigenvalue weighted by molar-refractivity contribution is 5.86. The van der Waals surface area contributed by atoms with E-state index in [0.29, 0.717) is 17.9 Å². The van der Waals surface area contributed by atoms with Gasteiger partial charge in [-0.1, -0.05) is 6.07 Å². The van der Waals surface area contributed by atoms with Gasteiger partial charge >= 0.3 is 6.09 Å². The number of methoxy groups -OCH3 is 1. The normalized spacial score (nSPS) is 12.0. The van der Waals surface area contributed by atoms with Gasteiger partial charge in [0.05, 0.1) is 18.4 Å². The number of hydrogen-bond acceptors (Lipinski definition) is 4. The number of rotatable bonds is 4. The monoisotopic (exact) mass is 295 g/mol. The Morgan fingerprint density at radius 3 is 2.33 bits per heavy atom. The quantitative estimate of drug-likeness (QED) is 0.893. The minimum absolute atomic E-state index is 0.405. The lowest BCUT2D eigenvalue weighted by molar-refractivity contribution is 0.0632. The molecule has 0 bridgehead atoms. The standard InChI is InChI=1S/C16H25NO4/c1-15(2,3)21-14(18)17-13-9-12(20-6)8-7-11(13)10-16(4,5)19/h7-9,19H,10H2,1-6H3,(H,17,18). The van der Waals surface area contributed by atoms with E-state index in [1.54, 1.807) is 53.9 Å². The summed E-state index contributed by atoms with van der Waals surface area (Å²) in [7, 11) is 1.56. The van der Waals surface area contributed by atoms with Crippen LogP contribution in [-0.2, 0) is 11.2 Å². The molecule has 0 saturated heterocycles. The van der Waals surface area contributed by atoms with Crippen LogP contribution in [0, 0.1) is 0 Å². The Balaban J connectivity index is 2.99. The van der Waals surface area contributed by atoms with E-state index >= 15 is 0 Å². The first-order valence-electron chi connectivity index (χ1n) is 6.89. The van der Waals surface area contributed by atoms with Gasteiger partial charge in [0, 0.05) is 12.5 Å². The summed E-state index contributed by atoms with van der Waals surface area (Å²) in [4.78, 5) is 11.9. The highest BCUT2D eigenvalue weighted by Crippen LogP contribution is 2.26. The third kappa shape index (κ3) is 6.49. The van der Waals surface area contributed by atoms with Crippen molar-refractivity contribution in [3.63, 3.8) is 0 Å². The molecule has 0 unspecified atom stereocenters. The predicted molar refractivity (Wildman–Crippen MR) is 82.9 cm³/mol. The average molecular weight is 295 g/mol. The molecule has 1 amide bonds. The first-order chi connectivity index (χ1) is 9.50. The summed E-state index contributed by atoms with van der Waals surface area (Å²) in [5.41, 5.74) is -0.0573. The minimum atomic E-state index is -0.876. The summed E-state index contributed by atoms with van der Waals surface area (Å²) in [6, 6.07) is 5.33. The number of ether oxygens (including phenoxy) is 2. The fraction of sp³-hybridized carbons (Fsp3) is 0.562. The van der Waals surface area contributed by atoms with Gasteiger partial charge < -0.3 is 14.6 Å². The van der Waals surface area contributed by atoms with E-state index in [0.717, 1.165) is 5.56 Å². The third-order valence-corrected chi connectivity index (χ3v) is 2.58. The SMILES string of the molecule is COc1ccc(CC(C)(C)O)c(NC(=O)OC(C)(C)C)c1. The largest absolute Gasteiger partial charge is 0.497 e. The molecule has 2 N–H and O–H groups in total. The van der Waals surface area contributed by atoms with Gasteiger partial charge in [-0.3, -0.25) is 5.32 Å². The fourth-order valence-corrected chi connectivity index (χ4v) is 1.83. The molecule has 1 aromatic carbocycles. The highest BCUT2D eigenvalue weighted by atomic mass is 16.6. The molecule has 0 atom stereocenters. The molecule has 0 aliphatic carbocycles. The zero-order valence-electron chi connectivity index (χ0n) is 13.6. The number of carbonyl (C=O) groups excluding carboxylic acids is 1. The van der Waals surface area contributed by atoms with Gasteiger partial charge in [-0.25, -0.2) is 4.79 Å². The van der Waals surface area contributed by atoms with Crippen LogP contribution in [0.3, 0.4) is 0 Å². The molecule has 5 heteroatoms. The lowest BCUT2D eigenvalue weighted by atomic mass is 9.97. The van der Waals surface area contributed by atoms with Crippen molar-refractivity contribution in [2.45, 2.75) is 52.2 Å². The van der Waals surface area contributed by atoms with E-state index in [9.17, 15) is 9.90 Å². The van der Waals surface area contributed by atoms with Crippen LogP contribution >= 0.6 is 0 Å². The highest BCUT2D eigenvalue weighted by Gasteiger charge is 2.20. The summed E-state index contributed by atoms with van der Waals surface area (Å²) in [5.74, 6) is 0.626. The second-order valence-electron chi connectivity index (χ2n) is 6.64. The Morgan fingerprint density at radius 2 is 1.86 bits per heavy atom. The topological polar surface area (TPSA) is 67.8 Å². The van der Waals surface area contributed by atoms with Gasteiger partial charge in [0.25, 0.3) is 0 Å². The first kappa shape index (κ1) is 17.3. The van der Waals surface area contributed by atoms with Crippen LogP contribution in [0.25, 0.3) is 0 Å². The number of hydrogen-bond donors (Lipinski definition) is 2. The van der Waals surface area contributed by atoms with Gasteiger partial charge in [0.2, 0.25) is 0 Å². The van der Waals surface area contributed by atoms with Gasteiger partial charge in [0.1, 0.15) is 11.4 Å². The number of anilines is 1. The maximum Gasteiger partial charge on any atom is 0.412 e. The third-order valence-electron chi connectivity index (χ3n) is 2.58. The Labute approximate surface area is 126 Å². The van der Waals surface area contributed by atoms with Crippen molar-refractivity contribution in [3.8, 4) is 5.75 Å². The summed E-state index contributed by atoms with van der Waals surface area (Å²) in [6.45, 7) is 8.84. The average Bonchev–Trinajstić information content (AvgIpc) is 2.27. The molecular weight excluding hydrogens is 270 g/mol. The van der Waals surface area contributed by atoms with Crippen LogP contribution in [0.2, 0.25) is 0 Å². The minimum Gasteiger partial charge on any atom is -0.497 e. The molecule has 0 aliphatic heterocycles. The Bertz CT molecular complexity index is 498. The zero-order valence-corrected chi connectivity index (χ0v) is 13.6. The van der Waals surface area contributed by atoms with E-state index in [-0.39, 0.29) is 0 Å². The number of carbonyl (C=O) groups is 1. The number of benzene rings is 1. The second kappa shape index (κ2) is 6.35. The van der Waals surface area contributed by atoms with E-state index < -0.39 is 17.3 Å². The van der Waals surface area contributed by atoms with Crippen molar-refractivity contribution < 1.29 is 19.4 Å². The number of aliphatic hydroxyl groups is 1. The molecule has 0 heterocycles. The molecule has 0 radical (unpaired) electrons. The molecule has 0 saturated carbocycles. The van der Waals surface area contributed by atoms with Gasteiger partial charge in [-0.15, -0.1) is 0 Å². The molecule has 5 nitrogen and oxygen atoms in total. The molecule has 0 spiro atoms. The fourth-order valence-electron chi connectivity index (χ4n) is 1.83. The van der Waals surface area contributed by atoms with Crippen LogP contribution in [0.5, 0.6) is 5.75 Å². The first-order valence-corrected chi connectivity index (χ1v) is 6.89. The Morgan fingerprint density at radius 1 is 1.24 bits per heavy atom. The van der Waals surface area contributed by atoms with Crippen molar-refractivity contribution >= 4 is 11.8 Å². The number of nitrogens with one attached hydrogen (secondary N) is 1. The van der Waals surface area contributed by atoms with E-state index in [4.69, 9.17) is 9.47 Å². The van der Waals surface area contributed by atoms with Crippen LogP contribution in [0.15, 0.2) is 18.2 Å². The van der Waals surface area contributed by atoms with Crippen LogP contribution in [0.4, 0.5) is 10.5 Å². The Hall–Kier alpha value is -1.75.